The van der Waals surface area contributed by atoms with Gasteiger partial charge in [0.2, 0.25) is 0 Å². The van der Waals surface area contributed by atoms with Crippen molar-refractivity contribution in [3.8, 4) is 5.75 Å². The van der Waals surface area contributed by atoms with E-state index in [-0.39, 0.29) is 23.3 Å². The van der Waals surface area contributed by atoms with Crippen LogP contribution in [0.5, 0.6) is 5.75 Å². The van der Waals surface area contributed by atoms with Gasteiger partial charge >= 0.3 is 0 Å². The molecule has 0 aromatic heterocycles. The maximum atomic E-state index is 12.9. The summed E-state index contributed by atoms with van der Waals surface area (Å²) >= 11 is 5.84. The molecule has 1 aromatic carbocycles. The van der Waals surface area contributed by atoms with E-state index in [9.17, 15) is 14.3 Å². The zero-order valence-corrected chi connectivity index (χ0v) is 12.3. The number of ether oxygens (including phenoxy) is 1. The topological polar surface area (TPSA) is 49.8 Å². The Bertz CT molecular complexity index is 564. The number of carbonyl (C=O) groups is 1. The lowest BCUT2D eigenvalue weighted by atomic mass is 9.97. The molecule has 0 spiro atoms. The first-order valence-corrected chi connectivity index (χ1v) is 7.44. The minimum absolute atomic E-state index is 0.138. The average Bonchev–Trinajstić information content (AvgIpc) is 3.22. The van der Waals surface area contributed by atoms with Crippen LogP contribution < -0.4 is 4.74 Å². The number of carbonyl (C=O) groups excluding carboxylic acids is 1. The van der Waals surface area contributed by atoms with Crippen LogP contribution in [0, 0.1) is 11.7 Å². The molecule has 1 unspecified atom stereocenters. The predicted molar refractivity (Wildman–Crippen MR) is 75.8 cm³/mol. The molecule has 1 aliphatic carbocycles. The number of halogens is 2. The van der Waals surface area contributed by atoms with Crippen molar-refractivity contribution >= 4 is 17.5 Å². The average molecular weight is 314 g/mol. The van der Waals surface area contributed by atoms with Gasteiger partial charge < -0.3 is 14.7 Å². The van der Waals surface area contributed by atoms with Crippen LogP contribution in [0.25, 0.3) is 0 Å². The second kappa shape index (κ2) is 5.46. The van der Waals surface area contributed by atoms with E-state index in [1.54, 1.807) is 4.90 Å². The summed E-state index contributed by atoms with van der Waals surface area (Å²) in [5, 5.41) is 10.6. The van der Waals surface area contributed by atoms with Crippen molar-refractivity contribution in [2.45, 2.75) is 24.9 Å². The number of β-amino-alcohol motifs (C(OH)–C–C–N with tert-alkyl or cyclic N) is 1. The Morgan fingerprint density at radius 3 is 2.95 bits per heavy atom. The number of aliphatic hydroxyl groups is 1. The van der Waals surface area contributed by atoms with Gasteiger partial charge in [-0.1, -0.05) is 11.6 Å². The van der Waals surface area contributed by atoms with E-state index in [1.165, 1.54) is 12.1 Å². The van der Waals surface area contributed by atoms with Crippen LogP contribution in [-0.2, 0) is 4.79 Å². The lowest BCUT2D eigenvalue weighted by Gasteiger charge is -2.23. The normalized spacial score (nSPS) is 25.2. The van der Waals surface area contributed by atoms with Gasteiger partial charge in [0.1, 0.15) is 11.6 Å². The summed E-state index contributed by atoms with van der Waals surface area (Å²) in [5.74, 6) is -0.0227. The van der Waals surface area contributed by atoms with E-state index in [2.05, 4.69) is 0 Å². The molecule has 2 fully saturated rings. The van der Waals surface area contributed by atoms with Gasteiger partial charge in [-0.05, 0) is 43.4 Å². The molecule has 1 N–H and O–H groups in total. The standard InChI is InChI=1S/C15H17ClFNO3/c16-12-7-11(17)3-4-13(12)21-8-14(19)18-6-5-15(20,9-18)10-1-2-10/h3-4,7,10,20H,1-2,5-6,8-9H2. The quantitative estimate of drug-likeness (QED) is 0.927. The fraction of sp³-hybridized carbons (Fsp3) is 0.533. The first kappa shape index (κ1) is 14.6. The van der Waals surface area contributed by atoms with Gasteiger partial charge in [0.05, 0.1) is 10.6 Å². The van der Waals surface area contributed by atoms with Crippen molar-refractivity contribution in [1.29, 1.82) is 0 Å². The van der Waals surface area contributed by atoms with Crippen molar-refractivity contribution < 1.29 is 19.0 Å². The number of nitrogens with zero attached hydrogens (tertiary/aromatic N) is 1. The SMILES string of the molecule is O=C(COc1ccc(F)cc1Cl)N1CCC(O)(C2CC2)C1. The molecule has 1 atom stereocenters. The van der Waals surface area contributed by atoms with E-state index in [1.807, 2.05) is 0 Å². The molecule has 1 aromatic rings. The lowest BCUT2D eigenvalue weighted by Crippen LogP contribution is -2.39. The highest BCUT2D eigenvalue weighted by Crippen LogP contribution is 2.44. The monoisotopic (exact) mass is 313 g/mol. The predicted octanol–water partition coefficient (Wildman–Crippen LogP) is 2.23. The maximum absolute atomic E-state index is 12.9. The summed E-state index contributed by atoms with van der Waals surface area (Å²) in [6.07, 6.45) is 2.71. The zero-order valence-electron chi connectivity index (χ0n) is 11.5. The Kier molecular flexibility index (Phi) is 3.80. The zero-order chi connectivity index (χ0) is 15.0. The molecule has 1 heterocycles. The molecule has 3 rings (SSSR count). The largest absolute Gasteiger partial charge is 0.482 e. The van der Waals surface area contributed by atoms with Crippen LogP contribution in [0.3, 0.4) is 0 Å². The van der Waals surface area contributed by atoms with Gasteiger partial charge in [-0.3, -0.25) is 4.79 Å². The smallest absolute Gasteiger partial charge is 0.260 e. The van der Waals surface area contributed by atoms with Gasteiger partial charge in [0.15, 0.2) is 6.61 Å². The Morgan fingerprint density at radius 1 is 1.52 bits per heavy atom. The van der Waals surface area contributed by atoms with E-state index >= 15 is 0 Å². The van der Waals surface area contributed by atoms with Crippen LogP contribution >= 0.6 is 11.6 Å². The van der Waals surface area contributed by atoms with E-state index in [4.69, 9.17) is 16.3 Å². The summed E-state index contributed by atoms with van der Waals surface area (Å²) in [6, 6.07) is 3.77. The van der Waals surface area contributed by atoms with Crippen molar-refractivity contribution in [3.63, 3.8) is 0 Å². The third-order valence-corrected chi connectivity index (χ3v) is 4.51. The minimum atomic E-state index is -0.719. The molecule has 1 amide bonds. The molecule has 1 aliphatic heterocycles. The molecule has 0 bridgehead atoms. The van der Waals surface area contributed by atoms with Crippen molar-refractivity contribution in [2.75, 3.05) is 19.7 Å². The van der Waals surface area contributed by atoms with Crippen molar-refractivity contribution in [2.24, 2.45) is 5.92 Å². The van der Waals surface area contributed by atoms with Crippen LogP contribution in [0.2, 0.25) is 5.02 Å². The number of rotatable bonds is 4. The molecule has 114 valence electrons. The Labute approximate surface area is 127 Å². The molecule has 2 aliphatic rings. The van der Waals surface area contributed by atoms with Crippen molar-refractivity contribution in [1.82, 2.24) is 4.90 Å². The number of benzene rings is 1. The Balaban J connectivity index is 1.55. The highest BCUT2D eigenvalue weighted by molar-refractivity contribution is 6.32. The highest BCUT2D eigenvalue weighted by Gasteiger charge is 2.48. The van der Waals surface area contributed by atoms with Crippen LogP contribution in [0.1, 0.15) is 19.3 Å². The van der Waals surface area contributed by atoms with E-state index < -0.39 is 11.4 Å². The number of likely N-dealkylation sites (tertiary alicyclic amines) is 1. The molecule has 6 heteroatoms. The second-order valence-corrected chi connectivity index (χ2v) is 6.21. The van der Waals surface area contributed by atoms with Crippen LogP contribution in [-0.4, -0.2) is 41.2 Å². The summed E-state index contributed by atoms with van der Waals surface area (Å²) in [7, 11) is 0. The van der Waals surface area contributed by atoms with E-state index in [0.717, 1.165) is 18.9 Å². The van der Waals surface area contributed by atoms with E-state index in [0.29, 0.717) is 25.4 Å². The Hall–Kier alpha value is -1.33. The van der Waals surface area contributed by atoms with Gasteiger partial charge in [-0.25, -0.2) is 4.39 Å². The van der Waals surface area contributed by atoms with Gasteiger partial charge in [0, 0.05) is 13.1 Å². The second-order valence-electron chi connectivity index (χ2n) is 5.81. The third-order valence-electron chi connectivity index (χ3n) is 4.21. The summed E-state index contributed by atoms with van der Waals surface area (Å²) in [4.78, 5) is 13.7. The minimum Gasteiger partial charge on any atom is -0.482 e. The molecule has 1 saturated heterocycles. The maximum Gasteiger partial charge on any atom is 0.260 e. The first-order valence-electron chi connectivity index (χ1n) is 7.06. The fourth-order valence-corrected chi connectivity index (χ4v) is 3.03. The summed E-state index contributed by atoms with van der Waals surface area (Å²) in [6.45, 7) is 0.759. The molecular weight excluding hydrogens is 297 g/mol. The summed E-state index contributed by atoms with van der Waals surface area (Å²) in [5.41, 5.74) is -0.719. The van der Waals surface area contributed by atoms with Crippen LogP contribution in [0.4, 0.5) is 4.39 Å². The molecule has 4 nitrogen and oxygen atoms in total. The molecule has 0 radical (unpaired) electrons. The van der Waals surface area contributed by atoms with Crippen LogP contribution in [0.15, 0.2) is 18.2 Å². The third kappa shape index (κ3) is 3.14. The number of hydrogen-bond donors (Lipinski definition) is 1. The number of hydrogen-bond acceptors (Lipinski definition) is 3. The van der Waals surface area contributed by atoms with Gasteiger partial charge in [-0.2, -0.15) is 0 Å². The lowest BCUT2D eigenvalue weighted by molar-refractivity contribution is -0.133. The van der Waals surface area contributed by atoms with Gasteiger partial charge in [-0.15, -0.1) is 0 Å². The molecule has 1 saturated carbocycles. The first-order chi connectivity index (χ1) is 9.98. The summed E-state index contributed by atoms with van der Waals surface area (Å²) < 4.78 is 18.3. The fourth-order valence-electron chi connectivity index (χ4n) is 2.81. The highest BCUT2D eigenvalue weighted by atomic mass is 35.5. The molecular formula is C15H17ClFNO3. The van der Waals surface area contributed by atoms with Gasteiger partial charge in [0.25, 0.3) is 5.91 Å². The Morgan fingerprint density at radius 2 is 2.29 bits per heavy atom. The molecule has 21 heavy (non-hydrogen) atoms. The van der Waals surface area contributed by atoms with Crippen molar-refractivity contribution in [3.05, 3.63) is 29.0 Å². The number of amides is 1.